The molecule has 3 unspecified atom stereocenters. The second-order valence-corrected chi connectivity index (χ2v) is 9.90. The summed E-state index contributed by atoms with van der Waals surface area (Å²) in [6, 6.07) is 3.59. The largest absolute Gasteiger partial charge is 0.496 e. The van der Waals surface area contributed by atoms with E-state index in [4.69, 9.17) is 21.0 Å². The minimum atomic E-state index is -4.36. The number of hydrogen-bond donors (Lipinski definition) is 4. The molecule has 2 rings (SSSR count). The van der Waals surface area contributed by atoms with Gasteiger partial charge in [-0.05, 0) is 48.0 Å². The first-order valence-corrected chi connectivity index (χ1v) is 12.5. The van der Waals surface area contributed by atoms with Crippen LogP contribution >= 0.6 is 11.8 Å². The highest BCUT2D eigenvalue weighted by molar-refractivity contribution is 8.00. The van der Waals surface area contributed by atoms with Crippen molar-refractivity contribution < 1.29 is 42.5 Å². The van der Waals surface area contributed by atoms with Crippen LogP contribution in [0.3, 0.4) is 0 Å². The normalized spacial score (nSPS) is 20.7. The third-order valence-corrected chi connectivity index (χ3v) is 6.80. The van der Waals surface area contributed by atoms with Gasteiger partial charge in [0.05, 0.1) is 20.3 Å². The first-order chi connectivity index (χ1) is 17.7. The second-order valence-electron chi connectivity index (χ2n) is 8.74. The SMILES string of the molecule is C=C(/C(OC)=C(\C)CN1OC(CO)C(CO)C1C(N)=O)c1cc(C(N)=O)cc(N(C)CCSC(F)(F)F)c1. The van der Waals surface area contributed by atoms with Gasteiger partial charge in [-0.1, -0.05) is 6.58 Å². The zero-order valence-electron chi connectivity index (χ0n) is 21.3. The molecule has 1 fully saturated rings. The molecule has 1 heterocycles. The van der Waals surface area contributed by atoms with Crippen molar-refractivity contribution in [3.8, 4) is 0 Å². The number of aliphatic hydroxyl groups is 2. The molecule has 0 saturated carbocycles. The number of rotatable bonds is 13. The van der Waals surface area contributed by atoms with Crippen LogP contribution in [0.15, 0.2) is 36.1 Å². The molecule has 212 valence electrons. The molecule has 0 aromatic heterocycles. The summed E-state index contributed by atoms with van der Waals surface area (Å²) in [5.41, 5.74) is 8.53. The summed E-state index contributed by atoms with van der Waals surface area (Å²) in [7, 11) is 2.98. The number of alkyl halides is 3. The fraction of sp³-hybridized carbons (Fsp3) is 0.500. The molecule has 0 radical (unpaired) electrons. The zero-order valence-corrected chi connectivity index (χ0v) is 22.1. The number of primary amides is 2. The Bertz CT molecular complexity index is 1070. The van der Waals surface area contributed by atoms with E-state index in [2.05, 4.69) is 6.58 Å². The number of anilines is 1. The molecule has 38 heavy (non-hydrogen) atoms. The van der Waals surface area contributed by atoms with Crippen molar-refractivity contribution in [3.05, 3.63) is 47.2 Å². The molecule has 0 bridgehead atoms. The van der Waals surface area contributed by atoms with Crippen LogP contribution in [0.5, 0.6) is 0 Å². The van der Waals surface area contributed by atoms with Gasteiger partial charge in [-0.3, -0.25) is 14.4 Å². The molecule has 10 nitrogen and oxygen atoms in total. The van der Waals surface area contributed by atoms with E-state index < -0.39 is 48.6 Å². The molecule has 1 aromatic rings. The van der Waals surface area contributed by atoms with Gasteiger partial charge in [-0.15, -0.1) is 0 Å². The number of allylic oxidation sites excluding steroid dienone is 1. The van der Waals surface area contributed by atoms with Gasteiger partial charge in [0.2, 0.25) is 11.8 Å². The number of carbonyl (C=O) groups is 2. The van der Waals surface area contributed by atoms with Crippen molar-refractivity contribution in [3.63, 3.8) is 0 Å². The number of aliphatic hydroxyl groups excluding tert-OH is 2. The lowest BCUT2D eigenvalue weighted by atomic mass is 9.95. The van der Waals surface area contributed by atoms with Crippen LogP contribution in [-0.4, -0.2) is 91.0 Å². The van der Waals surface area contributed by atoms with Crippen LogP contribution in [0.1, 0.15) is 22.8 Å². The smallest absolute Gasteiger partial charge is 0.441 e. The number of amides is 2. The second kappa shape index (κ2) is 13.3. The predicted molar refractivity (Wildman–Crippen MR) is 138 cm³/mol. The summed E-state index contributed by atoms with van der Waals surface area (Å²) in [5, 5.41) is 20.5. The van der Waals surface area contributed by atoms with Gasteiger partial charge in [0.15, 0.2) is 0 Å². The van der Waals surface area contributed by atoms with Crippen LogP contribution in [0, 0.1) is 5.92 Å². The van der Waals surface area contributed by atoms with Gasteiger partial charge in [-0.25, -0.2) is 0 Å². The molecule has 1 aliphatic rings. The van der Waals surface area contributed by atoms with Gasteiger partial charge in [0.1, 0.15) is 17.9 Å². The summed E-state index contributed by atoms with van der Waals surface area (Å²) in [6.07, 6.45) is -0.833. The number of ether oxygens (including phenoxy) is 1. The third-order valence-electron chi connectivity index (χ3n) is 6.09. The van der Waals surface area contributed by atoms with Gasteiger partial charge in [-0.2, -0.15) is 18.2 Å². The average molecular weight is 563 g/mol. The lowest BCUT2D eigenvalue weighted by molar-refractivity contribution is -0.170. The highest BCUT2D eigenvalue weighted by atomic mass is 32.2. The minimum absolute atomic E-state index is 0.000262. The fourth-order valence-corrected chi connectivity index (χ4v) is 4.77. The van der Waals surface area contributed by atoms with Crippen LogP contribution in [-0.2, 0) is 14.4 Å². The van der Waals surface area contributed by atoms with Gasteiger partial charge in [0.25, 0.3) is 0 Å². The molecule has 3 atom stereocenters. The van der Waals surface area contributed by atoms with Crippen molar-refractivity contribution in [2.24, 2.45) is 17.4 Å². The van der Waals surface area contributed by atoms with Crippen LogP contribution in [0.4, 0.5) is 18.9 Å². The van der Waals surface area contributed by atoms with Crippen LogP contribution < -0.4 is 16.4 Å². The molecule has 2 amide bonds. The molecule has 6 N–H and O–H groups in total. The number of methoxy groups -OCH3 is 1. The Morgan fingerprint density at radius 2 is 1.84 bits per heavy atom. The number of halogens is 3. The van der Waals surface area contributed by atoms with Crippen molar-refractivity contribution in [2.75, 3.05) is 51.1 Å². The van der Waals surface area contributed by atoms with E-state index in [9.17, 15) is 33.0 Å². The zero-order chi connectivity index (χ0) is 28.8. The number of carbonyl (C=O) groups excluding carboxylic acids is 2. The summed E-state index contributed by atoms with van der Waals surface area (Å²) in [4.78, 5) is 31.3. The first kappa shape index (κ1) is 31.4. The number of nitrogens with two attached hydrogens (primary N) is 2. The van der Waals surface area contributed by atoms with Gasteiger partial charge >= 0.3 is 5.51 Å². The Morgan fingerprint density at radius 1 is 1.21 bits per heavy atom. The Morgan fingerprint density at radius 3 is 2.34 bits per heavy atom. The van der Waals surface area contributed by atoms with Crippen molar-refractivity contribution in [1.29, 1.82) is 0 Å². The molecule has 0 spiro atoms. The summed E-state index contributed by atoms with van der Waals surface area (Å²) < 4.78 is 43.2. The van der Waals surface area contributed by atoms with E-state index in [0.717, 1.165) is 0 Å². The summed E-state index contributed by atoms with van der Waals surface area (Å²) in [5.74, 6) is -2.15. The van der Waals surface area contributed by atoms with Crippen molar-refractivity contribution >= 4 is 34.8 Å². The van der Waals surface area contributed by atoms with Crippen molar-refractivity contribution in [2.45, 2.75) is 24.6 Å². The standard InChI is InChI=1S/C24H33F3N4O6S/c1-13(10-31-20(23(29)35)18(11-32)19(12-33)37-31)21(36-4)14(2)15-7-16(22(28)34)9-17(8-15)30(3)5-6-38-24(25,26)27/h7-9,18-20,32-33H,2,5-6,10-12H2,1,3-4H3,(H2,28,34)(H2,29,35)/b21-13-. The maximum absolute atomic E-state index is 12.5. The first-order valence-electron chi connectivity index (χ1n) is 11.5. The molecule has 1 saturated heterocycles. The number of thioether (sulfide) groups is 1. The fourth-order valence-electron chi connectivity index (χ4n) is 4.18. The lowest BCUT2D eigenvalue weighted by Crippen LogP contribution is -2.45. The third kappa shape index (κ3) is 7.86. The topological polar surface area (TPSA) is 152 Å². The van der Waals surface area contributed by atoms with Crippen molar-refractivity contribution in [1.82, 2.24) is 5.06 Å². The molecule has 1 aliphatic heterocycles. The predicted octanol–water partition coefficient (Wildman–Crippen LogP) is 1.48. The van der Waals surface area contributed by atoms with Crippen LogP contribution in [0.25, 0.3) is 5.57 Å². The number of nitrogens with zero attached hydrogens (tertiary/aromatic N) is 2. The summed E-state index contributed by atoms with van der Waals surface area (Å²) >= 11 is -0.148. The highest BCUT2D eigenvalue weighted by Gasteiger charge is 2.46. The monoisotopic (exact) mass is 562 g/mol. The number of hydrogen-bond acceptors (Lipinski definition) is 9. The Labute approximate surface area is 223 Å². The Kier molecular flexibility index (Phi) is 11.0. The molecule has 0 aliphatic carbocycles. The van der Waals surface area contributed by atoms with E-state index in [-0.39, 0.29) is 41.9 Å². The minimum Gasteiger partial charge on any atom is -0.496 e. The highest BCUT2D eigenvalue weighted by Crippen LogP contribution is 2.33. The van der Waals surface area contributed by atoms with Gasteiger partial charge < -0.3 is 31.3 Å². The Balaban J connectivity index is 2.37. The van der Waals surface area contributed by atoms with E-state index in [1.54, 1.807) is 24.9 Å². The molecule has 1 aromatic carbocycles. The molecular formula is C24H33F3N4O6S. The quantitative estimate of drug-likeness (QED) is 0.207. The maximum Gasteiger partial charge on any atom is 0.441 e. The number of benzene rings is 1. The lowest BCUT2D eigenvalue weighted by Gasteiger charge is -2.24. The summed E-state index contributed by atoms with van der Waals surface area (Å²) in [6.45, 7) is 4.93. The maximum atomic E-state index is 12.5. The molecule has 14 heteroatoms. The van der Waals surface area contributed by atoms with E-state index in [1.165, 1.54) is 24.3 Å². The van der Waals surface area contributed by atoms with E-state index in [0.29, 0.717) is 22.4 Å². The van der Waals surface area contributed by atoms with E-state index >= 15 is 0 Å². The molecular weight excluding hydrogens is 529 g/mol. The average Bonchev–Trinajstić information content (AvgIpc) is 3.20. The van der Waals surface area contributed by atoms with Crippen LogP contribution in [0.2, 0.25) is 0 Å². The van der Waals surface area contributed by atoms with Gasteiger partial charge in [0, 0.05) is 48.6 Å². The van der Waals surface area contributed by atoms with E-state index in [1.807, 2.05) is 0 Å². The Hall–Kier alpha value is -2.78. The number of hydroxylamine groups is 2.